The number of halogens is 3. The molecular weight excluding hydrogens is 407 g/mol. The molecule has 29 heavy (non-hydrogen) atoms. The molecular formula is C19H20F3N3O3S. The molecule has 6 nitrogen and oxygen atoms in total. The smallest absolute Gasteiger partial charge is 0.417 e. The van der Waals surface area contributed by atoms with Crippen LogP contribution in [-0.4, -0.2) is 50.5 Å². The number of methoxy groups -OCH3 is 1. The molecule has 2 aliphatic rings. The summed E-state index contributed by atoms with van der Waals surface area (Å²) < 4.78 is 71.1. The SMILES string of the molecule is COc1ccccc1S(=O)(=O)N1CC[C@H]2CN(c3ccc(C(F)(F)F)cn3)[C@H]2C1. The number of nitrogens with zero attached hydrogens (tertiary/aromatic N) is 3. The van der Waals surface area contributed by atoms with Crippen LogP contribution in [0.25, 0.3) is 0 Å². The Bertz CT molecular complexity index is 996. The van der Waals surface area contributed by atoms with E-state index in [1.165, 1.54) is 23.5 Å². The number of sulfonamides is 1. The number of rotatable bonds is 4. The van der Waals surface area contributed by atoms with Crippen molar-refractivity contribution in [1.82, 2.24) is 9.29 Å². The molecule has 0 amide bonds. The molecule has 0 aliphatic carbocycles. The molecule has 2 aromatic rings. The second kappa shape index (κ2) is 7.17. The van der Waals surface area contributed by atoms with E-state index in [1.807, 2.05) is 4.90 Å². The zero-order chi connectivity index (χ0) is 20.8. The van der Waals surface area contributed by atoms with Crippen molar-refractivity contribution in [3.63, 3.8) is 0 Å². The van der Waals surface area contributed by atoms with Crippen LogP contribution in [0, 0.1) is 5.92 Å². The molecule has 0 saturated carbocycles. The van der Waals surface area contributed by atoms with E-state index in [1.54, 1.807) is 18.2 Å². The molecule has 4 rings (SSSR count). The van der Waals surface area contributed by atoms with Gasteiger partial charge in [-0.3, -0.25) is 0 Å². The number of piperidine rings is 1. The number of hydrogen-bond acceptors (Lipinski definition) is 5. The minimum atomic E-state index is -4.44. The van der Waals surface area contributed by atoms with Crippen LogP contribution in [0.4, 0.5) is 19.0 Å². The average Bonchev–Trinajstić information content (AvgIpc) is 2.68. The van der Waals surface area contributed by atoms with Gasteiger partial charge in [-0.25, -0.2) is 13.4 Å². The third kappa shape index (κ3) is 3.55. The molecule has 0 bridgehead atoms. The highest BCUT2D eigenvalue weighted by Gasteiger charge is 2.46. The topological polar surface area (TPSA) is 62.7 Å². The number of aromatic nitrogens is 1. The van der Waals surface area contributed by atoms with Crippen LogP contribution in [0.3, 0.4) is 0 Å². The normalized spacial score (nSPS) is 22.7. The van der Waals surface area contributed by atoms with Crippen LogP contribution < -0.4 is 9.64 Å². The van der Waals surface area contributed by atoms with Crippen molar-refractivity contribution < 1.29 is 26.3 Å². The van der Waals surface area contributed by atoms with Crippen molar-refractivity contribution >= 4 is 15.8 Å². The third-order valence-electron chi connectivity index (χ3n) is 5.57. The fraction of sp³-hybridized carbons (Fsp3) is 0.421. The van der Waals surface area contributed by atoms with Crippen molar-refractivity contribution in [2.45, 2.75) is 23.5 Å². The summed E-state index contributed by atoms with van der Waals surface area (Å²) >= 11 is 0. The van der Waals surface area contributed by atoms with Gasteiger partial charge in [0.1, 0.15) is 16.5 Å². The lowest BCUT2D eigenvalue weighted by Gasteiger charge is -2.53. The van der Waals surface area contributed by atoms with Gasteiger partial charge in [0, 0.05) is 31.9 Å². The fourth-order valence-electron chi connectivity index (χ4n) is 3.94. The predicted octanol–water partition coefficient (Wildman–Crippen LogP) is 3.01. The zero-order valence-corrected chi connectivity index (χ0v) is 16.4. The second-order valence-corrected chi connectivity index (χ2v) is 9.09. The molecule has 3 heterocycles. The number of anilines is 1. The van der Waals surface area contributed by atoms with E-state index >= 15 is 0 Å². The number of alkyl halides is 3. The molecule has 0 spiro atoms. The molecule has 1 aromatic carbocycles. The highest BCUT2D eigenvalue weighted by molar-refractivity contribution is 7.89. The molecule has 0 unspecified atom stereocenters. The van der Waals surface area contributed by atoms with E-state index in [9.17, 15) is 21.6 Å². The molecule has 2 saturated heterocycles. The Balaban J connectivity index is 1.54. The van der Waals surface area contributed by atoms with Crippen molar-refractivity contribution in [3.8, 4) is 5.75 Å². The summed E-state index contributed by atoms with van der Waals surface area (Å²) in [6.07, 6.45) is -2.93. The standard InChI is InChI=1S/C19H20F3N3O3S/c1-28-16-4-2-3-5-17(16)29(26,27)24-9-8-13-11-25(15(13)12-24)18-7-6-14(10-23-18)19(20,21)22/h2-7,10,13,15H,8-9,11-12H2,1H3/t13-,15-/m0/s1. The number of para-hydroxylation sites is 1. The lowest BCUT2D eigenvalue weighted by Crippen LogP contribution is -2.65. The Morgan fingerprint density at radius 3 is 2.55 bits per heavy atom. The lowest BCUT2D eigenvalue weighted by atomic mass is 9.83. The largest absolute Gasteiger partial charge is 0.495 e. The summed E-state index contributed by atoms with van der Waals surface area (Å²) in [6.45, 7) is 1.31. The van der Waals surface area contributed by atoms with Crippen molar-refractivity contribution in [2.24, 2.45) is 5.92 Å². The third-order valence-corrected chi connectivity index (χ3v) is 7.48. The highest BCUT2D eigenvalue weighted by atomic mass is 32.2. The summed E-state index contributed by atoms with van der Waals surface area (Å²) in [6, 6.07) is 8.68. The maximum atomic E-state index is 13.1. The molecule has 156 valence electrons. The number of ether oxygens (including phenoxy) is 1. The van der Waals surface area contributed by atoms with Gasteiger partial charge in [0.15, 0.2) is 0 Å². The Morgan fingerprint density at radius 2 is 1.90 bits per heavy atom. The Morgan fingerprint density at radius 1 is 1.14 bits per heavy atom. The first kappa shape index (κ1) is 20.0. The first-order chi connectivity index (χ1) is 13.7. The molecule has 0 N–H and O–H groups in total. The second-order valence-electron chi connectivity index (χ2n) is 7.19. The Kier molecular flexibility index (Phi) is 4.94. The average molecular weight is 427 g/mol. The van der Waals surface area contributed by atoms with Crippen LogP contribution in [0.15, 0.2) is 47.5 Å². The highest BCUT2D eigenvalue weighted by Crippen LogP contribution is 2.39. The van der Waals surface area contributed by atoms with E-state index in [4.69, 9.17) is 4.74 Å². The minimum Gasteiger partial charge on any atom is -0.495 e. The molecule has 2 fully saturated rings. The maximum absolute atomic E-state index is 13.1. The number of fused-ring (bicyclic) bond motifs is 1. The van der Waals surface area contributed by atoms with E-state index in [0.717, 1.165) is 12.3 Å². The predicted molar refractivity (Wildman–Crippen MR) is 100 cm³/mol. The van der Waals surface area contributed by atoms with Gasteiger partial charge in [-0.2, -0.15) is 17.5 Å². The first-order valence-electron chi connectivity index (χ1n) is 9.15. The van der Waals surface area contributed by atoms with E-state index < -0.39 is 21.8 Å². The van der Waals surface area contributed by atoms with Crippen LogP contribution in [0.1, 0.15) is 12.0 Å². The first-order valence-corrected chi connectivity index (χ1v) is 10.6. The fourth-order valence-corrected chi connectivity index (χ4v) is 5.57. The van der Waals surface area contributed by atoms with Crippen LogP contribution >= 0.6 is 0 Å². The molecule has 1 aromatic heterocycles. The summed E-state index contributed by atoms with van der Waals surface area (Å²) in [5, 5.41) is 0. The van der Waals surface area contributed by atoms with Gasteiger partial charge in [-0.05, 0) is 36.6 Å². The van der Waals surface area contributed by atoms with Crippen molar-refractivity contribution in [3.05, 3.63) is 48.2 Å². The van der Waals surface area contributed by atoms with Crippen LogP contribution in [-0.2, 0) is 16.2 Å². The van der Waals surface area contributed by atoms with Crippen LogP contribution in [0.5, 0.6) is 5.75 Å². The van der Waals surface area contributed by atoms with Gasteiger partial charge in [0.2, 0.25) is 10.0 Å². The van der Waals surface area contributed by atoms with Crippen molar-refractivity contribution in [1.29, 1.82) is 0 Å². The monoisotopic (exact) mass is 427 g/mol. The van der Waals surface area contributed by atoms with Gasteiger partial charge < -0.3 is 9.64 Å². The number of hydrogen-bond donors (Lipinski definition) is 0. The van der Waals surface area contributed by atoms with Gasteiger partial charge in [0.05, 0.1) is 12.7 Å². The number of pyridine rings is 1. The minimum absolute atomic E-state index is 0.111. The van der Waals surface area contributed by atoms with Gasteiger partial charge in [-0.15, -0.1) is 0 Å². The van der Waals surface area contributed by atoms with E-state index in [0.29, 0.717) is 31.2 Å². The van der Waals surface area contributed by atoms with Gasteiger partial charge in [-0.1, -0.05) is 12.1 Å². The summed E-state index contributed by atoms with van der Waals surface area (Å²) in [5.41, 5.74) is -0.803. The zero-order valence-electron chi connectivity index (χ0n) is 15.6. The quantitative estimate of drug-likeness (QED) is 0.751. The summed E-state index contributed by atoms with van der Waals surface area (Å²) in [4.78, 5) is 5.93. The van der Waals surface area contributed by atoms with Gasteiger partial charge in [0.25, 0.3) is 0 Å². The molecule has 10 heteroatoms. The van der Waals surface area contributed by atoms with Crippen molar-refractivity contribution in [2.75, 3.05) is 31.6 Å². The molecule has 0 radical (unpaired) electrons. The molecule has 2 aliphatic heterocycles. The summed E-state index contributed by atoms with van der Waals surface area (Å²) in [7, 11) is -2.33. The Labute approximate surface area is 167 Å². The number of benzene rings is 1. The summed E-state index contributed by atoms with van der Waals surface area (Å²) in [5.74, 6) is 1.00. The molecule has 2 atom stereocenters. The maximum Gasteiger partial charge on any atom is 0.417 e. The van der Waals surface area contributed by atoms with E-state index in [2.05, 4.69) is 4.98 Å². The van der Waals surface area contributed by atoms with Crippen LogP contribution in [0.2, 0.25) is 0 Å². The van der Waals surface area contributed by atoms with Gasteiger partial charge >= 0.3 is 6.18 Å². The lowest BCUT2D eigenvalue weighted by molar-refractivity contribution is -0.137. The Hall–Kier alpha value is -2.33. The van der Waals surface area contributed by atoms with E-state index in [-0.39, 0.29) is 23.2 Å².